The van der Waals surface area contributed by atoms with Crippen molar-refractivity contribution >= 4 is 27.3 Å². The summed E-state index contributed by atoms with van der Waals surface area (Å²) >= 11 is 5.36. The van der Waals surface area contributed by atoms with Crippen molar-refractivity contribution in [3.8, 4) is 5.75 Å². The third-order valence-electron chi connectivity index (χ3n) is 2.97. The highest BCUT2D eigenvalue weighted by atomic mass is 79.9. The number of halogens is 1. The normalized spacial score (nSPS) is 10.7. The second-order valence-corrected chi connectivity index (χ2v) is 6.47. The second kappa shape index (κ2) is 8.45. The fraction of sp³-hybridized carbons (Fsp3) is 0.375. The van der Waals surface area contributed by atoms with Crippen molar-refractivity contribution in [3.05, 3.63) is 50.6 Å². The average Bonchev–Trinajstić information content (AvgIpc) is 2.95. The predicted octanol–water partition coefficient (Wildman–Crippen LogP) is 4.63. The number of hydrogen-bond donors (Lipinski definition) is 1. The summed E-state index contributed by atoms with van der Waals surface area (Å²) in [7, 11) is 0. The van der Waals surface area contributed by atoms with Gasteiger partial charge in [0.2, 0.25) is 0 Å². The molecule has 4 heteroatoms. The number of para-hydroxylation sites is 1. The third kappa shape index (κ3) is 4.62. The minimum atomic E-state index is 0.712. The molecule has 1 aromatic heterocycles. The smallest absolute Gasteiger partial charge is 0.137 e. The molecule has 2 nitrogen and oxygen atoms in total. The lowest BCUT2D eigenvalue weighted by molar-refractivity contribution is 0.316. The van der Waals surface area contributed by atoms with Crippen molar-refractivity contribution in [2.75, 3.05) is 13.2 Å². The Balaban J connectivity index is 1.94. The van der Waals surface area contributed by atoms with Gasteiger partial charge in [-0.3, -0.25) is 0 Å². The molecule has 0 aliphatic heterocycles. The van der Waals surface area contributed by atoms with Gasteiger partial charge in [-0.1, -0.05) is 25.1 Å². The third-order valence-corrected chi connectivity index (χ3v) is 4.53. The van der Waals surface area contributed by atoms with Crippen molar-refractivity contribution in [1.82, 2.24) is 5.32 Å². The highest BCUT2D eigenvalue weighted by molar-refractivity contribution is 9.10. The van der Waals surface area contributed by atoms with Gasteiger partial charge >= 0.3 is 0 Å². The predicted molar refractivity (Wildman–Crippen MR) is 89.7 cm³/mol. The summed E-state index contributed by atoms with van der Waals surface area (Å²) in [6, 6.07) is 10.4. The molecule has 0 spiro atoms. The van der Waals surface area contributed by atoms with Crippen LogP contribution in [0.4, 0.5) is 0 Å². The summed E-state index contributed by atoms with van der Waals surface area (Å²) in [6.07, 6.45) is 2.10. The van der Waals surface area contributed by atoms with E-state index in [2.05, 4.69) is 57.8 Å². The Bertz CT molecular complexity index is 513. The first-order valence-electron chi connectivity index (χ1n) is 6.94. The zero-order chi connectivity index (χ0) is 14.2. The van der Waals surface area contributed by atoms with Crippen molar-refractivity contribution in [1.29, 1.82) is 0 Å². The van der Waals surface area contributed by atoms with Gasteiger partial charge in [0.15, 0.2) is 0 Å². The summed E-state index contributed by atoms with van der Waals surface area (Å²) in [4.78, 5) is 1.36. The molecule has 1 heterocycles. The molecule has 0 atom stereocenters. The van der Waals surface area contributed by atoms with Crippen molar-refractivity contribution in [2.24, 2.45) is 0 Å². The summed E-state index contributed by atoms with van der Waals surface area (Å²) < 4.78 is 7.02. The molecule has 0 radical (unpaired) electrons. The van der Waals surface area contributed by atoms with Crippen LogP contribution < -0.4 is 10.1 Å². The lowest BCUT2D eigenvalue weighted by Crippen LogP contribution is -2.15. The van der Waals surface area contributed by atoms with E-state index < -0.39 is 0 Å². The molecule has 108 valence electrons. The Morgan fingerprint density at radius 3 is 2.90 bits per heavy atom. The van der Waals surface area contributed by atoms with Crippen LogP contribution in [0.25, 0.3) is 0 Å². The van der Waals surface area contributed by atoms with Crippen LogP contribution in [0.2, 0.25) is 0 Å². The van der Waals surface area contributed by atoms with Gasteiger partial charge < -0.3 is 10.1 Å². The summed E-state index contributed by atoms with van der Waals surface area (Å²) in [6.45, 7) is 4.76. The summed E-state index contributed by atoms with van der Waals surface area (Å²) in [5.41, 5.74) is 1.21. The van der Waals surface area contributed by atoms with Gasteiger partial charge in [-0.2, -0.15) is 0 Å². The van der Waals surface area contributed by atoms with Crippen molar-refractivity contribution in [3.63, 3.8) is 0 Å². The fourth-order valence-electron chi connectivity index (χ4n) is 1.96. The van der Waals surface area contributed by atoms with E-state index in [0.29, 0.717) is 6.61 Å². The van der Waals surface area contributed by atoms with E-state index in [-0.39, 0.29) is 0 Å². The van der Waals surface area contributed by atoms with Crippen LogP contribution in [0.3, 0.4) is 0 Å². The Hall–Kier alpha value is -0.840. The monoisotopic (exact) mass is 353 g/mol. The molecule has 1 N–H and O–H groups in total. The van der Waals surface area contributed by atoms with Crippen LogP contribution in [0.5, 0.6) is 5.75 Å². The van der Waals surface area contributed by atoms with E-state index in [9.17, 15) is 0 Å². The van der Waals surface area contributed by atoms with Crippen LogP contribution in [0.1, 0.15) is 23.8 Å². The van der Waals surface area contributed by atoms with Gasteiger partial charge in [-0.15, -0.1) is 11.3 Å². The molecule has 1 aromatic carbocycles. The van der Waals surface area contributed by atoms with E-state index in [4.69, 9.17) is 4.74 Å². The Kier molecular flexibility index (Phi) is 6.57. The average molecular weight is 354 g/mol. The largest absolute Gasteiger partial charge is 0.492 e. The number of benzene rings is 1. The Morgan fingerprint density at radius 2 is 2.15 bits per heavy atom. The summed E-state index contributed by atoms with van der Waals surface area (Å²) in [5.74, 6) is 0.965. The zero-order valence-electron chi connectivity index (χ0n) is 11.7. The molecular formula is C16H20BrNOS. The number of ether oxygens (including phenoxy) is 1. The van der Waals surface area contributed by atoms with Gasteiger partial charge in [0.1, 0.15) is 5.75 Å². The molecule has 0 bridgehead atoms. The lowest BCUT2D eigenvalue weighted by atomic mass is 10.2. The second-order valence-electron chi connectivity index (χ2n) is 4.58. The maximum Gasteiger partial charge on any atom is 0.137 e. The van der Waals surface area contributed by atoms with E-state index in [0.717, 1.165) is 36.2 Å². The highest BCUT2D eigenvalue weighted by Crippen LogP contribution is 2.29. The molecular weight excluding hydrogens is 334 g/mol. The van der Waals surface area contributed by atoms with Gasteiger partial charge in [-0.05, 0) is 46.4 Å². The molecule has 0 aliphatic rings. The Labute approximate surface area is 133 Å². The number of thiophene rings is 1. The van der Waals surface area contributed by atoms with Gasteiger partial charge in [0.05, 0.1) is 11.1 Å². The summed E-state index contributed by atoms with van der Waals surface area (Å²) in [5, 5.41) is 5.53. The SMILES string of the molecule is CCCNCc1cccc(Br)c1OCCc1cccs1. The topological polar surface area (TPSA) is 21.3 Å². The quantitative estimate of drug-likeness (QED) is 0.698. The lowest BCUT2D eigenvalue weighted by Gasteiger charge is -2.13. The highest BCUT2D eigenvalue weighted by Gasteiger charge is 2.08. The number of hydrogen-bond acceptors (Lipinski definition) is 3. The minimum Gasteiger partial charge on any atom is -0.492 e. The molecule has 0 unspecified atom stereocenters. The van der Waals surface area contributed by atoms with Gasteiger partial charge in [-0.25, -0.2) is 0 Å². The molecule has 0 amide bonds. The molecule has 0 fully saturated rings. The number of nitrogens with one attached hydrogen (secondary N) is 1. The fourth-order valence-corrected chi connectivity index (χ4v) is 3.17. The van der Waals surface area contributed by atoms with Crippen LogP contribution in [0.15, 0.2) is 40.2 Å². The van der Waals surface area contributed by atoms with Crippen LogP contribution >= 0.6 is 27.3 Å². The van der Waals surface area contributed by atoms with Gasteiger partial charge in [0, 0.05) is 23.4 Å². The molecule has 2 rings (SSSR count). The van der Waals surface area contributed by atoms with Crippen LogP contribution in [0, 0.1) is 0 Å². The molecule has 20 heavy (non-hydrogen) atoms. The molecule has 0 saturated carbocycles. The minimum absolute atomic E-state index is 0.712. The van der Waals surface area contributed by atoms with E-state index in [1.165, 1.54) is 10.4 Å². The number of rotatable bonds is 8. The zero-order valence-corrected chi connectivity index (χ0v) is 14.1. The first-order chi connectivity index (χ1) is 9.81. The maximum atomic E-state index is 5.99. The van der Waals surface area contributed by atoms with Crippen LogP contribution in [-0.2, 0) is 13.0 Å². The van der Waals surface area contributed by atoms with Crippen molar-refractivity contribution in [2.45, 2.75) is 26.3 Å². The van der Waals surface area contributed by atoms with Crippen molar-refractivity contribution < 1.29 is 4.74 Å². The molecule has 2 aromatic rings. The first kappa shape index (κ1) is 15.5. The molecule has 0 saturated heterocycles. The van der Waals surface area contributed by atoms with Gasteiger partial charge in [0.25, 0.3) is 0 Å². The Morgan fingerprint density at radius 1 is 1.25 bits per heavy atom. The first-order valence-corrected chi connectivity index (χ1v) is 8.61. The standard InChI is InChI=1S/C16H20BrNOS/c1-2-9-18-12-13-5-3-7-15(17)16(13)19-10-8-14-6-4-11-20-14/h3-7,11,18H,2,8-10,12H2,1H3. The molecule has 0 aliphatic carbocycles. The van der Waals surface area contributed by atoms with E-state index in [1.807, 2.05) is 6.07 Å². The van der Waals surface area contributed by atoms with E-state index in [1.54, 1.807) is 11.3 Å². The van der Waals surface area contributed by atoms with Crippen LogP contribution in [-0.4, -0.2) is 13.2 Å². The maximum absolute atomic E-state index is 5.99. The van der Waals surface area contributed by atoms with E-state index >= 15 is 0 Å².